The molecule has 0 bridgehead atoms. The van der Waals surface area contributed by atoms with Gasteiger partial charge in [0.05, 0.1) is 0 Å². The second kappa shape index (κ2) is 8.02. The normalized spacial score (nSPS) is 18.4. The van der Waals surface area contributed by atoms with Crippen LogP contribution in [-0.4, -0.2) is 41.6 Å². The summed E-state index contributed by atoms with van der Waals surface area (Å²) in [4.78, 5) is 24.4. The molecule has 1 aliphatic carbocycles. The Morgan fingerprint density at radius 1 is 1.26 bits per heavy atom. The van der Waals surface area contributed by atoms with Gasteiger partial charge in [-0.15, -0.1) is 0 Å². The zero-order valence-electron chi connectivity index (χ0n) is 12.0. The minimum atomic E-state index is -0.820. The van der Waals surface area contributed by atoms with Gasteiger partial charge in [-0.25, -0.2) is 4.79 Å². The molecule has 1 fully saturated rings. The molecule has 5 nitrogen and oxygen atoms in total. The van der Waals surface area contributed by atoms with Gasteiger partial charge in [-0.3, -0.25) is 4.79 Å². The third-order valence-electron chi connectivity index (χ3n) is 3.82. The van der Waals surface area contributed by atoms with E-state index < -0.39 is 5.97 Å². The minimum absolute atomic E-state index is 0.0380. The third kappa shape index (κ3) is 5.94. The van der Waals surface area contributed by atoms with Gasteiger partial charge in [-0.05, 0) is 18.8 Å². The van der Waals surface area contributed by atoms with Crippen molar-refractivity contribution in [3.63, 3.8) is 0 Å². The molecule has 1 atom stereocenters. The molecule has 0 heterocycles. The van der Waals surface area contributed by atoms with Gasteiger partial charge in [-0.2, -0.15) is 0 Å². The van der Waals surface area contributed by atoms with E-state index in [1.807, 2.05) is 14.0 Å². The summed E-state index contributed by atoms with van der Waals surface area (Å²) in [6, 6.07) is 0.251. The van der Waals surface area contributed by atoms with E-state index in [0.29, 0.717) is 12.6 Å². The highest BCUT2D eigenvalue weighted by Gasteiger charge is 2.21. The van der Waals surface area contributed by atoms with E-state index >= 15 is 0 Å². The van der Waals surface area contributed by atoms with E-state index in [-0.39, 0.29) is 18.4 Å². The minimum Gasteiger partial charge on any atom is -0.481 e. The van der Waals surface area contributed by atoms with Crippen molar-refractivity contribution in [1.29, 1.82) is 0 Å². The Bertz CT molecular complexity index is 299. The molecule has 2 N–H and O–H groups in total. The first kappa shape index (κ1) is 15.8. The summed E-state index contributed by atoms with van der Waals surface area (Å²) in [5.41, 5.74) is 0. The molecule has 0 radical (unpaired) electrons. The molecule has 19 heavy (non-hydrogen) atoms. The van der Waals surface area contributed by atoms with Crippen LogP contribution in [-0.2, 0) is 4.79 Å². The van der Waals surface area contributed by atoms with Crippen LogP contribution in [0.2, 0.25) is 0 Å². The Morgan fingerprint density at radius 2 is 1.84 bits per heavy atom. The zero-order chi connectivity index (χ0) is 14.3. The van der Waals surface area contributed by atoms with Crippen LogP contribution >= 0.6 is 0 Å². The Kier molecular flexibility index (Phi) is 6.67. The smallest absolute Gasteiger partial charge is 0.317 e. The predicted octanol–water partition coefficient (Wildman–Crippen LogP) is 2.46. The quantitative estimate of drug-likeness (QED) is 0.754. The van der Waals surface area contributed by atoms with Crippen LogP contribution < -0.4 is 5.32 Å². The number of nitrogens with zero attached hydrogens (tertiary/aromatic N) is 1. The van der Waals surface area contributed by atoms with Gasteiger partial charge < -0.3 is 15.3 Å². The summed E-state index contributed by atoms with van der Waals surface area (Å²) < 4.78 is 0. The average Bonchev–Trinajstić information content (AvgIpc) is 2.63. The Morgan fingerprint density at radius 3 is 2.37 bits per heavy atom. The fourth-order valence-electron chi connectivity index (χ4n) is 2.57. The standard InChI is InChI=1S/C14H26N2O3/c1-11(9-13(17)18)10-15-14(19)16(2)12-7-5-3-4-6-8-12/h11-12H,3-10H2,1-2H3,(H,15,19)(H,17,18). The molecule has 0 spiro atoms. The molecular formula is C14H26N2O3. The van der Waals surface area contributed by atoms with Gasteiger partial charge in [0, 0.05) is 26.1 Å². The van der Waals surface area contributed by atoms with Crippen molar-refractivity contribution in [1.82, 2.24) is 10.2 Å². The molecule has 0 aromatic rings. The predicted molar refractivity (Wildman–Crippen MR) is 74.1 cm³/mol. The van der Waals surface area contributed by atoms with Crippen LogP contribution in [0.4, 0.5) is 4.79 Å². The first-order valence-electron chi connectivity index (χ1n) is 7.23. The maximum atomic E-state index is 12.0. The maximum absolute atomic E-state index is 12.0. The van der Waals surface area contributed by atoms with E-state index in [2.05, 4.69) is 5.32 Å². The van der Waals surface area contributed by atoms with Crippen molar-refractivity contribution in [3.05, 3.63) is 0 Å². The van der Waals surface area contributed by atoms with Crippen LogP contribution in [0.5, 0.6) is 0 Å². The van der Waals surface area contributed by atoms with Crippen LogP contribution in [0.1, 0.15) is 51.9 Å². The molecule has 0 aromatic carbocycles. The number of carbonyl (C=O) groups excluding carboxylic acids is 1. The third-order valence-corrected chi connectivity index (χ3v) is 3.82. The van der Waals surface area contributed by atoms with Crippen molar-refractivity contribution < 1.29 is 14.7 Å². The molecule has 1 rings (SSSR count). The Labute approximate surface area is 115 Å². The molecule has 0 saturated heterocycles. The maximum Gasteiger partial charge on any atom is 0.317 e. The van der Waals surface area contributed by atoms with Gasteiger partial charge in [0.2, 0.25) is 0 Å². The van der Waals surface area contributed by atoms with E-state index in [9.17, 15) is 9.59 Å². The number of carbonyl (C=O) groups is 2. The lowest BCUT2D eigenvalue weighted by atomic mass is 10.1. The van der Waals surface area contributed by atoms with Crippen molar-refractivity contribution in [2.75, 3.05) is 13.6 Å². The number of rotatable bonds is 5. The molecule has 2 amide bonds. The number of nitrogens with one attached hydrogen (secondary N) is 1. The highest BCUT2D eigenvalue weighted by molar-refractivity contribution is 5.74. The number of carboxylic acid groups (broad SMARTS) is 1. The molecule has 1 saturated carbocycles. The van der Waals surface area contributed by atoms with Crippen LogP contribution in [0.15, 0.2) is 0 Å². The number of hydrogen-bond donors (Lipinski definition) is 2. The summed E-state index contributed by atoms with van der Waals surface area (Å²) in [6.45, 7) is 2.25. The van der Waals surface area contributed by atoms with Crippen molar-refractivity contribution in [2.45, 2.75) is 57.9 Å². The fraction of sp³-hybridized carbons (Fsp3) is 0.857. The zero-order valence-corrected chi connectivity index (χ0v) is 12.0. The number of aliphatic carboxylic acids is 1. The molecule has 0 aromatic heterocycles. The summed E-state index contributed by atoms with van der Waals surface area (Å²) in [5.74, 6) is -0.858. The average molecular weight is 270 g/mol. The van der Waals surface area contributed by atoms with Gasteiger partial charge in [-0.1, -0.05) is 32.6 Å². The first-order valence-corrected chi connectivity index (χ1v) is 7.23. The van der Waals surface area contributed by atoms with Crippen molar-refractivity contribution >= 4 is 12.0 Å². The fourth-order valence-corrected chi connectivity index (χ4v) is 2.57. The number of carboxylic acids is 1. The highest BCUT2D eigenvalue weighted by Crippen LogP contribution is 2.21. The first-order chi connectivity index (χ1) is 9.00. The van der Waals surface area contributed by atoms with E-state index in [1.54, 1.807) is 4.90 Å². The largest absolute Gasteiger partial charge is 0.481 e. The van der Waals surface area contributed by atoms with Gasteiger partial charge in [0.1, 0.15) is 0 Å². The van der Waals surface area contributed by atoms with Crippen molar-refractivity contribution in [2.24, 2.45) is 5.92 Å². The molecule has 110 valence electrons. The Hall–Kier alpha value is -1.26. The summed E-state index contributed by atoms with van der Waals surface area (Å²) in [5, 5.41) is 11.5. The molecule has 1 unspecified atom stereocenters. The topological polar surface area (TPSA) is 69.6 Å². The van der Waals surface area contributed by atoms with Crippen LogP contribution in [0.25, 0.3) is 0 Å². The monoisotopic (exact) mass is 270 g/mol. The number of hydrogen-bond acceptors (Lipinski definition) is 2. The van der Waals surface area contributed by atoms with E-state index in [4.69, 9.17) is 5.11 Å². The number of urea groups is 1. The lowest BCUT2D eigenvalue weighted by Gasteiger charge is -2.27. The van der Waals surface area contributed by atoms with Crippen molar-refractivity contribution in [3.8, 4) is 0 Å². The van der Waals surface area contributed by atoms with E-state index in [1.165, 1.54) is 25.7 Å². The molecule has 0 aliphatic heterocycles. The summed E-state index contributed by atoms with van der Waals surface area (Å²) >= 11 is 0. The lowest BCUT2D eigenvalue weighted by Crippen LogP contribution is -2.44. The second-order valence-electron chi connectivity index (χ2n) is 5.65. The Balaban J connectivity index is 2.32. The summed E-state index contributed by atoms with van der Waals surface area (Å²) in [6.07, 6.45) is 7.16. The highest BCUT2D eigenvalue weighted by atomic mass is 16.4. The number of amides is 2. The molecular weight excluding hydrogens is 244 g/mol. The van der Waals surface area contributed by atoms with Crippen LogP contribution in [0.3, 0.4) is 0 Å². The SMILES string of the molecule is CC(CNC(=O)N(C)C1CCCCCC1)CC(=O)O. The van der Waals surface area contributed by atoms with Gasteiger partial charge >= 0.3 is 12.0 Å². The second-order valence-corrected chi connectivity index (χ2v) is 5.65. The van der Waals surface area contributed by atoms with Crippen LogP contribution in [0, 0.1) is 5.92 Å². The molecule has 5 heteroatoms. The molecule has 1 aliphatic rings. The van der Waals surface area contributed by atoms with E-state index in [0.717, 1.165) is 12.8 Å². The van der Waals surface area contributed by atoms with Gasteiger partial charge in [0.25, 0.3) is 0 Å². The summed E-state index contributed by atoms with van der Waals surface area (Å²) in [7, 11) is 1.84. The lowest BCUT2D eigenvalue weighted by molar-refractivity contribution is -0.137. The van der Waals surface area contributed by atoms with Gasteiger partial charge in [0.15, 0.2) is 0 Å².